The van der Waals surface area contributed by atoms with Crippen LogP contribution in [0.3, 0.4) is 0 Å². The highest BCUT2D eigenvalue weighted by atomic mass is 19.1. The second-order valence-corrected chi connectivity index (χ2v) is 7.68. The van der Waals surface area contributed by atoms with Crippen LogP contribution in [0.2, 0.25) is 0 Å². The summed E-state index contributed by atoms with van der Waals surface area (Å²) in [5, 5.41) is 4.97. The van der Waals surface area contributed by atoms with Gasteiger partial charge in [0, 0.05) is 23.4 Å². The van der Waals surface area contributed by atoms with E-state index in [1.54, 1.807) is 24.3 Å². The Morgan fingerprint density at radius 1 is 1.19 bits per heavy atom. The Morgan fingerprint density at radius 3 is 2.64 bits per heavy atom. The number of amides is 1. The molecule has 10 heteroatoms. The van der Waals surface area contributed by atoms with Gasteiger partial charge in [-0.15, -0.1) is 0 Å². The van der Waals surface area contributed by atoms with Crippen molar-refractivity contribution >= 4 is 34.2 Å². The molecule has 0 aliphatic carbocycles. The summed E-state index contributed by atoms with van der Waals surface area (Å²) in [5.41, 5.74) is 7.55. The first-order valence-electron chi connectivity index (χ1n) is 10.7. The van der Waals surface area contributed by atoms with E-state index in [1.807, 2.05) is 6.07 Å². The zero-order valence-corrected chi connectivity index (χ0v) is 19.1. The predicted molar refractivity (Wildman–Crippen MR) is 134 cm³/mol. The van der Waals surface area contributed by atoms with E-state index in [0.29, 0.717) is 22.3 Å². The molecule has 0 saturated carbocycles. The maximum atomic E-state index is 14.4. The Labute approximate surface area is 205 Å². The lowest BCUT2D eigenvalue weighted by molar-refractivity contribution is -0.114. The number of nitrogens with zero attached hydrogens (tertiary/aromatic N) is 6. The maximum absolute atomic E-state index is 14.4. The number of fused-ring (bicyclic) bond motifs is 1. The molecule has 9 nitrogen and oxygen atoms in total. The number of hydrogen-bond donors (Lipinski definition) is 1. The largest absolute Gasteiger partial charge is 0.383 e. The SMILES string of the molecule is [C-]#[N+]C(=C)C(=O)N(CCn1nc(-c2cc(F)cc(C(=O)C=C)c2)c2c(N)ncnc21)c1ccccc1. The van der Waals surface area contributed by atoms with Crippen LogP contribution in [0.4, 0.5) is 15.9 Å². The standard InChI is InChI=1S/C26H20FN7O2/c1-4-21(35)17-12-18(14-19(27)13-17)23-22-24(28)30-15-31-25(22)34(32-23)11-10-33(26(36)16(2)29-3)20-8-6-5-7-9-20/h4-9,12-15H,1-2,10-11H2,(H2,28,30,31). The summed E-state index contributed by atoms with van der Waals surface area (Å²) in [6.45, 7) is 14.4. The summed E-state index contributed by atoms with van der Waals surface area (Å²) in [5.74, 6) is -1.49. The molecule has 0 radical (unpaired) electrons. The summed E-state index contributed by atoms with van der Waals surface area (Å²) in [4.78, 5) is 37.9. The van der Waals surface area contributed by atoms with Gasteiger partial charge < -0.3 is 10.6 Å². The zero-order chi connectivity index (χ0) is 25.8. The van der Waals surface area contributed by atoms with Gasteiger partial charge in [-0.3, -0.25) is 9.59 Å². The Bertz CT molecular complexity index is 1550. The summed E-state index contributed by atoms with van der Waals surface area (Å²) in [7, 11) is 0. The van der Waals surface area contributed by atoms with Crippen LogP contribution in [0, 0.1) is 12.4 Å². The van der Waals surface area contributed by atoms with Crippen LogP contribution in [0.15, 0.2) is 79.8 Å². The summed E-state index contributed by atoms with van der Waals surface area (Å²) in [6, 6.07) is 12.7. The van der Waals surface area contributed by atoms with Gasteiger partial charge in [-0.25, -0.2) is 23.9 Å². The van der Waals surface area contributed by atoms with Gasteiger partial charge in [0.2, 0.25) is 5.70 Å². The smallest absolute Gasteiger partial charge is 0.256 e. The lowest BCUT2D eigenvalue weighted by Gasteiger charge is -2.22. The normalized spacial score (nSPS) is 10.6. The van der Waals surface area contributed by atoms with Crippen LogP contribution >= 0.6 is 0 Å². The second-order valence-electron chi connectivity index (χ2n) is 7.68. The van der Waals surface area contributed by atoms with Crippen LogP contribution in [0.5, 0.6) is 0 Å². The third-order valence-corrected chi connectivity index (χ3v) is 5.43. The number of allylic oxidation sites excluding steroid dienone is 1. The van der Waals surface area contributed by atoms with Crippen molar-refractivity contribution in [2.45, 2.75) is 6.54 Å². The van der Waals surface area contributed by atoms with Gasteiger partial charge in [-0.05, 0) is 36.4 Å². The van der Waals surface area contributed by atoms with E-state index in [-0.39, 0.29) is 35.9 Å². The molecule has 36 heavy (non-hydrogen) atoms. The average molecular weight is 481 g/mol. The number of rotatable bonds is 8. The molecular weight excluding hydrogens is 461 g/mol. The molecule has 1 amide bonds. The predicted octanol–water partition coefficient (Wildman–Crippen LogP) is 4.05. The third kappa shape index (κ3) is 4.58. The Balaban J connectivity index is 1.78. The van der Waals surface area contributed by atoms with Crippen molar-refractivity contribution in [1.82, 2.24) is 19.7 Å². The fraction of sp³-hybridized carbons (Fsp3) is 0.0769. The quantitative estimate of drug-likeness (QED) is 0.231. The van der Waals surface area contributed by atoms with Crippen molar-refractivity contribution in [3.8, 4) is 11.3 Å². The van der Waals surface area contributed by atoms with Gasteiger partial charge in [0.05, 0.1) is 18.5 Å². The van der Waals surface area contributed by atoms with Crippen LogP contribution in [-0.4, -0.2) is 38.0 Å². The Hall–Kier alpha value is -5.17. The van der Waals surface area contributed by atoms with E-state index < -0.39 is 17.5 Å². The van der Waals surface area contributed by atoms with E-state index in [9.17, 15) is 14.0 Å². The molecule has 4 rings (SSSR count). The molecular formula is C26H20FN7O2. The number of carbonyl (C=O) groups is 2. The van der Waals surface area contributed by atoms with E-state index in [1.165, 1.54) is 28.0 Å². The number of aromatic nitrogens is 4. The van der Waals surface area contributed by atoms with Crippen LogP contribution in [0.1, 0.15) is 10.4 Å². The minimum atomic E-state index is -0.630. The summed E-state index contributed by atoms with van der Waals surface area (Å²) >= 11 is 0. The highest BCUT2D eigenvalue weighted by Gasteiger charge is 2.22. The van der Waals surface area contributed by atoms with E-state index in [4.69, 9.17) is 12.3 Å². The highest BCUT2D eigenvalue weighted by Crippen LogP contribution is 2.31. The number of halogens is 1. The highest BCUT2D eigenvalue weighted by molar-refractivity contribution is 6.07. The lowest BCUT2D eigenvalue weighted by Crippen LogP contribution is -2.34. The van der Waals surface area contributed by atoms with Crippen molar-refractivity contribution < 1.29 is 14.0 Å². The minimum absolute atomic E-state index is 0.108. The number of nitrogens with two attached hydrogens (primary N) is 1. The molecule has 2 aromatic heterocycles. The van der Waals surface area contributed by atoms with E-state index in [0.717, 1.165) is 12.1 Å². The number of anilines is 2. The minimum Gasteiger partial charge on any atom is -0.383 e. The first kappa shape index (κ1) is 24.0. The second kappa shape index (κ2) is 9.99. The van der Waals surface area contributed by atoms with Crippen molar-refractivity contribution in [3.63, 3.8) is 0 Å². The Kier molecular flexibility index (Phi) is 6.65. The molecule has 4 aromatic rings. The van der Waals surface area contributed by atoms with Crippen molar-refractivity contribution in [1.29, 1.82) is 0 Å². The molecule has 0 fully saturated rings. The number of benzene rings is 2. The molecule has 0 aliphatic rings. The van der Waals surface area contributed by atoms with Gasteiger partial charge in [0.1, 0.15) is 23.7 Å². The maximum Gasteiger partial charge on any atom is 0.256 e. The zero-order valence-electron chi connectivity index (χ0n) is 19.1. The van der Waals surface area contributed by atoms with Crippen LogP contribution in [-0.2, 0) is 11.3 Å². The first-order valence-corrected chi connectivity index (χ1v) is 10.7. The molecule has 0 saturated heterocycles. The third-order valence-electron chi connectivity index (χ3n) is 5.43. The van der Waals surface area contributed by atoms with E-state index >= 15 is 0 Å². The van der Waals surface area contributed by atoms with Gasteiger partial charge in [0.15, 0.2) is 11.4 Å². The first-order chi connectivity index (χ1) is 17.3. The molecule has 2 heterocycles. The molecule has 2 N–H and O–H groups in total. The van der Waals surface area contributed by atoms with Gasteiger partial charge in [-0.2, -0.15) is 5.10 Å². The molecule has 0 atom stereocenters. The monoisotopic (exact) mass is 481 g/mol. The van der Waals surface area contributed by atoms with Crippen molar-refractivity contribution in [2.75, 3.05) is 17.2 Å². The molecule has 0 aliphatic heterocycles. The lowest BCUT2D eigenvalue weighted by atomic mass is 10.0. The van der Waals surface area contributed by atoms with Gasteiger partial charge in [-0.1, -0.05) is 31.4 Å². The molecule has 2 aromatic carbocycles. The molecule has 0 spiro atoms. The van der Waals surface area contributed by atoms with Crippen molar-refractivity contribution in [2.24, 2.45) is 0 Å². The van der Waals surface area contributed by atoms with E-state index in [2.05, 4.69) is 33.1 Å². The summed E-state index contributed by atoms with van der Waals surface area (Å²) < 4.78 is 15.9. The Morgan fingerprint density at radius 2 is 1.94 bits per heavy atom. The van der Waals surface area contributed by atoms with Crippen molar-refractivity contribution in [3.05, 3.63) is 103 Å². The summed E-state index contributed by atoms with van der Waals surface area (Å²) in [6.07, 6.45) is 2.37. The fourth-order valence-electron chi connectivity index (χ4n) is 3.73. The van der Waals surface area contributed by atoms with Crippen LogP contribution < -0.4 is 10.6 Å². The molecule has 0 bridgehead atoms. The average Bonchev–Trinajstić information content (AvgIpc) is 3.28. The van der Waals surface area contributed by atoms with Gasteiger partial charge in [0.25, 0.3) is 5.91 Å². The fourth-order valence-corrected chi connectivity index (χ4v) is 3.73. The number of para-hydroxylation sites is 1. The topological polar surface area (TPSA) is 111 Å². The van der Waals surface area contributed by atoms with Gasteiger partial charge >= 0.3 is 0 Å². The molecule has 0 unspecified atom stereocenters. The number of ketones is 1. The molecule has 178 valence electrons. The number of nitrogen functional groups attached to an aromatic ring is 1. The number of carbonyl (C=O) groups excluding carboxylic acids is 2. The van der Waals surface area contributed by atoms with Crippen LogP contribution in [0.25, 0.3) is 27.1 Å². The number of hydrogen-bond acceptors (Lipinski definition) is 6.